The van der Waals surface area contributed by atoms with Crippen molar-refractivity contribution in [1.82, 2.24) is 9.78 Å². The van der Waals surface area contributed by atoms with Crippen LogP contribution in [-0.4, -0.2) is 42.9 Å². The van der Waals surface area contributed by atoms with Gasteiger partial charge in [0.2, 0.25) is 0 Å². The first-order valence-electron chi connectivity index (χ1n) is 12.9. The van der Waals surface area contributed by atoms with Crippen molar-refractivity contribution in [2.75, 3.05) is 37.3 Å². The lowest BCUT2D eigenvalue weighted by atomic mass is 9.93. The maximum absolute atomic E-state index is 14.0. The number of hydrogen-bond acceptors (Lipinski definition) is 7. The lowest BCUT2D eigenvalue weighted by molar-refractivity contribution is -0.113. The van der Waals surface area contributed by atoms with Gasteiger partial charge in [0.15, 0.2) is 0 Å². The lowest BCUT2D eigenvalue weighted by Gasteiger charge is -2.31. The smallest absolute Gasteiger partial charge is 0.261 e. The molecule has 1 atom stereocenters. The molecular weight excluding hydrogens is 522 g/mol. The van der Waals surface area contributed by atoms with E-state index in [9.17, 15) is 9.59 Å². The largest absolute Gasteiger partial charge is 0.497 e. The van der Waals surface area contributed by atoms with Gasteiger partial charge in [0.1, 0.15) is 34.7 Å². The van der Waals surface area contributed by atoms with Gasteiger partial charge in [0, 0.05) is 16.9 Å². The molecule has 5 rings (SSSR count). The third kappa shape index (κ3) is 5.31. The predicted octanol–water partition coefficient (Wildman–Crippen LogP) is 5.40. The number of aryl methyl sites for hydroxylation is 1. The molecule has 3 N–H and O–H groups in total. The summed E-state index contributed by atoms with van der Waals surface area (Å²) in [6, 6.07) is 19.3. The van der Waals surface area contributed by atoms with E-state index in [4.69, 9.17) is 14.2 Å². The van der Waals surface area contributed by atoms with Crippen molar-refractivity contribution < 1.29 is 23.8 Å². The summed E-state index contributed by atoms with van der Waals surface area (Å²) in [5.74, 6) is 1.36. The van der Waals surface area contributed by atoms with E-state index in [1.807, 2.05) is 43.3 Å². The second kappa shape index (κ2) is 11.5. The van der Waals surface area contributed by atoms with E-state index in [2.05, 4.69) is 21.0 Å². The second-order valence-corrected chi connectivity index (χ2v) is 9.50. The number of carbonyl (C=O) groups excluding carboxylic acids is 2. The number of methoxy groups -OCH3 is 3. The van der Waals surface area contributed by atoms with Crippen molar-refractivity contribution >= 4 is 29.0 Å². The van der Waals surface area contributed by atoms with E-state index in [0.717, 1.165) is 5.56 Å². The second-order valence-electron chi connectivity index (χ2n) is 9.50. The van der Waals surface area contributed by atoms with Crippen molar-refractivity contribution in [3.8, 4) is 17.2 Å². The molecule has 0 spiro atoms. The fourth-order valence-electron chi connectivity index (χ4n) is 4.91. The number of aromatic nitrogens is 2. The van der Waals surface area contributed by atoms with Gasteiger partial charge in [-0.1, -0.05) is 24.3 Å². The average molecular weight is 554 g/mol. The van der Waals surface area contributed by atoms with Crippen LogP contribution in [0.25, 0.3) is 0 Å². The summed E-state index contributed by atoms with van der Waals surface area (Å²) in [5, 5.41) is 13.8. The highest BCUT2D eigenvalue weighted by Gasteiger charge is 2.37. The first-order chi connectivity index (χ1) is 19.8. The van der Waals surface area contributed by atoms with Gasteiger partial charge in [-0.15, -0.1) is 0 Å². The summed E-state index contributed by atoms with van der Waals surface area (Å²) in [4.78, 5) is 27.4. The van der Waals surface area contributed by atoms with Crippen molar-refractivity contribution in [2.45, 2.75) is 19.9 Å². The SMILES string of the molecule is COc1ccc(OC)c(C2C(C(=O)Nc3ccccc3OC)=C(C)Nc3c(C(=O)Nc4cccc(C)c4)cnn32)c1. The summed E-state index contributed by atoms with van der Waals surface area (Å²) in [6.07, 6.45) is 1.49. The van der Waals surface area contributed by atoms with E-state index in [1.54, 1.807) is 63.3 Å². The molecule has 0 saturated carbocycles. The van der Waals surface area contributed by atoms with E-state index in [-0.39, 0.29) is 11.8 Å². The standard InChI is InChI=1S/C31H31N5O5/c1-18-9-8-10-20(15-18)34-30(37)23-17-32-36-28(22-16-21(39-3)13-14-25(22)40-4)27(19(2)33-29(23)36)31(38)35-24-11-6-7-12-26(24)41-5/h6-17,28,33H,1-5H3,(H,34,37)(H,35,38). The molecule has 1 aliphatic heterocycles. The Hall–Kier alpha value is -5.25. The minimum Gasteiger partial charge on any atom is -0.497 e. The Morgan fingerprint density at radius 3 is 2.37 bits per heavy atom. The Morgan fingerprint density at radius 2 is 1.63 bits per heavy atom. The molecule has 0 bridgehead atoms. The van der Waals surface area contributed by atoms with Crippen LogP contribution >= 0.6 is 0 Å². The van der Waals surface area contributed by atoms with Crippen LogP contribution in [0.15, 0.2) is 84.2 Å². The maximum Gasteiger partial charge on any atom is 0.261 e. The third-order valence-corrected chi connectivity index (χ3v) is 6.88. The highest BCUT2D eigenvalue weighted by molar-refractivity contribution is 6.10. The van der Waals surface area contributed by atoms with Gasteiger partial charge in [-0.2, -0.15) is 5.10 Å². The summed E-state index contributed by atoms with van der Waals surface area (Å²) in [6.45, 7) is 3.74. The van der Waals surface area contributed by atoms with Crippen molar-refractivity contribution in [2.24, 2.45) is 0 Å². The normalized spacial score (nSPS) is 14.0. The third-order valence-electron chi connectivity index (χ3n) is 6.88. The average Bonchev–Trinajstić information content (AvgIpc) is 3.39. The number of ether oxygens (including phenoxy) is 3. The topological polar surface area (TPSA) is 116 Å². The summed E-state index contributed by atoms with van der Waals surface area (Å²) < 4.78 is 18.3. The number of nitrogens with zero attached hydrogens (tertiary/aromatic N) is 2. The van der Waals surface area contributed by atoms with Gasteiger partial charge in [-0.05, 0) is 61.9 Å². The van der Waals surface area contributed by atoms with Crippen LogP contribution < -0.4 is 30.2 Å². The zero-order valence-electron chi connectivity index (χ0n) is 23.4. The molecule has 10 nitrogen and oxygen atoms in total. The molecule has 1 aliphatic rings. The van der Waals surface area contributed by atoms with Gasteiger partial charge in [0.05, 0.1) is 38.8 Å². The highest BCUT2D eigenvalue weighted by Crippen LogP contribution is 2.42. The van der Waals surface area contributed by atoms with Gasteiger partial charge < -0.3 is 30.2 Å². The molecule has 210 valence electrons. The predicted molar refractivity (Wildman–Crippen MR) is 157 cm³/mol. The van der Waals surface area contributed by atoms with Gasteiger partial charge >= 0.3 is 0 Å². The Kier molecular flexibility index (Phi) is 7.64. The van der Waals surface area contributed by atoms with Crippen molar-refractivity contribution in [1.29, 1.82) is 0 Å². The van der Waals surface area contributed by atoms with Crippen molar-refractivity contribution in [3.63, 3.8) is 0 Å². The fraction of sp³-hybridized carbons (Fsp3) is 0.194. The summed E-state index contributed by atoms with van der Waals surface area (Å²) in [5.41, 5.74) is 4.08. The number of fused-ring (bicyclic) bond motifs is 1. The lowest BCUT2D eigenvalue weighted by Crippen LogP contribution is -2.32. The van der Waals surface area contributed by atoms with Crippen molar-refractivity contribution in [3.05, 3.63) is 101 Å². The number of hydrogen-bond donors (Lipinski definition) is 3. The quantitative estimate of drug-likeness (QED) is 0.268. The number of nitrogens with one attached hydrogen (secondary N) is 3. The van der Waals surface area contributed by atoms with E-state index in [0.29, 0.717) is 56.8 Å². The van der Waals surface area contributed by atoms with Crippen LogP contribution in [0.1, 0.15) is 34.5 Å². The van der Waals surface area contributed by atoms with Crippen LogP contribution in [0.4, 0.5) is 17.2 Å². The number of allylic oxidation sites excluding steroid dienone is 1. The Balaban J connectivity index is 1.61. The van der Waals surface area contributed by atoms with E-state index < -0.39 is 6.04 Å². The van der Waals surface area contributed by atoms with Crippen LogP contribution in [0.2, 0.25) is 0 Å². The molecule has 4 aromatic rings. The first-order valence-corrected chi connectivity index (χ1v) is 12.9. The number of benzene rings is 3. The van der Waals surface area contributed by atoms with Gasteiger partial charge in [0.25, 0.3) is 11.8 Å². The number of anilines is 3. The monoisotopic (exact) mass is 553 g/mol. The van der Waals surface area contributed by atoms with Gasteiger partial charge in [-0.3, -0.25) is 9.59 Å². The molecule has 2 heterocycles. The molecule has 3 aromatic carbocycles. The van der Waals surface area contributed by atoms with Gasteiger partial charge in [-0.25, -0.2) is 4.68 Å². The first kappa shape index (κ1) is 27.3. The molecule has 10 heteroatoms. The number of carbonyl (C=O) groups is 2. The maximum atomic E-state index is 14.0. The Bertz CT molecular complexity index is 1660. The molecule has 0 radical (unpaired) electrons. The van der Waals surface area contributed by atoms with Crippen LogP contribution in [0.3, 0.4) is 0 Å². The highest BCUT2D eigenvalue weighted by atomic mass is 16.5. The molecular formula is C31H31N5O5. The number of rotatable bonds is 8. The molecule has 1 unspecified atom stereocenters. The molecule has 0 aliphatic carbocycles. The number of para-hydroxylation sites is 2. The van der Waals surface area contributed by atoms with Crippen LogP contribution in [0.5, 0.6) is 17.2 Å². The molecule has 0 saturated heterocycles. The fourth-order valence-corrected chi connectivity index (χ4v) is 4.91. The zero-order valence-corrected chi connectivity index (χ0v) is 23.4. The number of amides is 2. The molecule has 0 fully saturated rings. The summed E-state index contributed by atoms with van der Waals surface area (Å²) >= 11 is 0. The summed E-state index contributed by atoms with van der Waals surface area (Å²) in [7, 11) is 4.67. The minimum atomic E-state index is -0.758. The molecule has 2 amide bonds. The zero-order chi connectivity index (χ0) is 29.1. The van der Waals surface area contributed by atoms with Crippen LogP contribution in [-0.2, 0) is 4.79 Å². The minimum absolute atomic E-state index is 0.321. The van der Waals surface area contributed by atoms with Crippen LogP contribution in [0, 0.1) is 6.92 Å². The molecule has 41 heavy (non-hydrogen) atoms. The van der Waals surface area contributed by atoms with E-state index in [1.165, 1.54) is 6.20 Å². The Morgan fingerprint density at radius 1 is 0.854 bits per heavy atom. The molecule has 1 aromatic heterocycles. The Labute approximate surface area is 237 Å². The van der Waals surface area contributed by atoms with E-state index >= 15 is 0 Å².